The van der Waals surface area contributed by atoms with Crippen LogP contribution in [0.4, 0.5) is 5.95 Å². The van der Waals surface area contributed by atoms with Crippen LogP contribution in [0, 0.1) is 5.92 Å². The van der Waals surface area contributed by atoms with Gasteiger partial charge in [-0.2, -0.15) is 4.98 Å². The van der Waals surface area contributed by atoms with Crippen LogP contribution in [0.3, 0.4) is 0 Å². The number of carbonyl (C=O) groups excluding carboxylic acids is 2. The number of aromatic nitrogens is 3. The number of halogens is 2. The fourth-order valence-corrected chi connectivity index (χ4v) is 7.35. The highest BCUT2D eigenvalue weighted by Crippen LogP contribution is 2.45. The quantitative estimate of drug-likeness (QED) is 0.243. The summed E-state index contributed by atoms with van der Waals surface area (Å²) in [7, 11) is 6.87. The van der Waals surface area contributed by atoms with Gasteiger partial charge in [-0.1, -0.05) is 48.7 Å². The molecule has 2 N–H and O–H groups in total. The predicted octanol–water partition coefficient (Wildman–Crippen LogP) is 5.16. The van der Waals surface area contributed by atoms with E-state index in [9.17, 15) is 14.4 Å². The van der Waals surface area contributed by atoms with E-state index in [4.69, 9.17) is 37.7 Å². The number of ether oxygens (including phenoxy) is 2. The van der Waals surface area contributed by atoms with Gasteiger partial charge in [-0.15, -0.1) is 0 Å². The van der Waals surface area contributed by atoms with Gasteiger partial charge >= 0.3 is 0 Å². The number of likely N-dealkylation sites (tertiary alicyclic amines) is 1. The summed E-state index contributed by atoms with van der Waals surface area (Å²) < 4.78 is 12.6. The van der Waals surface area contributed by atoms with E-state index in [1.165, 1.54) is 20.3 Å². The van der Waals surface area contributed by atoms with Gasteiger partial charge in [-0.3, -0.25) is 19.0 Å². The molecule has 5 rings (SSSR count). The van der Waals surface area contributed by atoms with Gasteiger partial charge in [0.1, 0.15) is 17.1 Å². The number of piperidine rings is 1. The molecule has 1 aromatic carbocycles. The summed E-state index contributed by atoms with van der Waals surface area (Å²) >= 11 is 13.6. The highest BCUT2D eigenvalue weighted by molar-refractivity contribution is 6.41. The van der Waals surface area contributed by atoms with E-state index in [0.717, 1.165) is 25.7 Å². The van der Waals surface area contributed by atoms with Crippen molar-refractivity contribution in [1.29, 1.82) is 0 Å². The van der Waals surface area contributed by atoms with Gasteiger partial charge in [-0.05, 0) is 57.8 Å². The number of nitrogens with zero attached hydrogens (tertiary/aromatic N) is 5. The van der Waals surface area contributed by atoms with Crippen LogP contribution in [0.25, 0.3) is 22.2 Å². The molecule has 2 amide bonds. The molecule has 14 heteroatoms. The predicted molar refractivity (Wildman–Crippen MR) is 197 cm³/mol. The van der Waals surface area contributed by atoms with Crippen LogP contribution in [-0.2, 0) is 16.1 Å². The smallest absolute Gasteiger partial charge is 0.260 e. The van der Waals surface area contributed by atoms with Crippen molar-refractivity contribution in [1.82, 2.24) is 29.7 Å². The average molecular weight is 727 g/mol. The largest absolute Gasteiger partial charge is 0.495 e. The number of hydrogen-bond acceptors (Lipinski definition) is 9. The van der Waals surface area contributed by atoms with Crippen LogP contribution in [0.15, 0.2) is 47.9 Å². The number of anilines is 1. The molecule has 268 valence electrons. The first kappa shape index (κ1) is 37.1. The van der Waals surface area contributed by atoms with Gasteiger partial charge in [0, 0.05) is 67.6 Å². The lowest BCUT2D eigenvalue weighted by Crippen LogP contribution is -2.48. The third kappa shape index (κ3) is 8.42. The Morgan fingerprint density at radius 1 is 1.04 bits per heavy atom. The summed E-state index contributed by atoms with van der Waals surface area (Å²) in [4.78, 5) is 52.9. The molecule has 2 atom stereocenters. The minimum Gasteiger partial charge on any atom is -0.495 e. The van der Waals surface area contributed by atoms with Crippen LogP contribution in [0.1, 0.15) is 38.5 Å². The minimum atomic E-state index is -0.333. The zero-order chi connectivity index (χ0) is 35.9. The number of carbonyl (C=O) groups is 2. The Labute approximate surface area is 302 Å². The van der Waals surface area contributed by atoms with Crippen molar-refractivity contribution in [2.75, 3.05) is 53.3 Å². The second kappa shape index (κ2) is 16.7. The molecule has 50 heavy (non-hydrogen) atoms. The van der Waals surface area contributed by atoms with Crippen LogP contribution in [0.5, 0.6) is 11.5 Å². The van der Waals surface area contributed by atoms with E-state index in [1.54, 1.807) is 29.0 Å². The van der Waals surface area contributed by atoms with Crippen molar-refractivity contribution in [3.05, 3.63) is 63.5 Å². The second-order valence-electron chi connectivity index (χ2n) is 13.0. The molecule has 0 spiro atoms. The van der Waals surface area contributed by atoms with Crippen molar-refractivity contribution in [2.45, 2.75) is 57.2 Å². The molecule has 2 aromatic heterocycles. The molecule has 3 heterocycles. The molecule has 0 bridgehead atoms. The molecule has 2 aliphatic rings. The molecule has 2 unspecified atom stereocenters. The maximum Gasteiger partial charge on any atom is 0.260 e. The maximum absolute atomic E-state index is 14.6. The van der Waals surface area contributed by atoms with Crippen LogP contribution >= 0.6 is 23.2 Å². The van der Waals surface area contributed by atoms with Crippen molar-refractivity contribution in [3.63, 3.8) is 0 Å². The standard InChI is InChI=1S/C36H45Cl2N7O5/c1-6-29(46)40-25-10-7-8-11-26(25)41-36-39-20-23-18-24(31-32(37)27(49-4)19-28(50-5)33(31)38)35(48)45(34(23)42-36)21-22-13-16-44(17-14-22)30(47)12-9-15-43(2)3/h6,9,12,18-20,22,25-26H,1,7-8,10-11,13-17,21H2,2-5H3,(H,40,46)(H,39,41,42)/b12-9+. The summed E-state index contributed by atoms with van der Waals surface area (Å²) in [6.07, 6.45) is 11.5. The molecule has 0 radical (unpaired) electrons. The Morgan fingerprint density at radius 2 is 1.70 bits per heavy atom. The fraction of sp³-hybridized carbons (Fsp3) is 0.472. The first-order chi connectivity index (χ1) is 24.0. The molecule has 3 aromatic rings. The van der Waals surface area contributed by atoms with Crippen LogP contribution in [-0.4, -0.2) is 96.2 Å². The van der Waals surface area contributed by atoms with E-state index >= 15 is 0 Å². The van der Waals surface area contributed by atoms with Crippen molar-refractivity contribution in [2.24, 2.45) is 5.92 Å². The van der Waals surface area contributed by atoms with Crippen LogP contribution < -0.4 is 25.7 Å². The molecule has 1 saturated heterocycles. The molecule has 1 saturated carbocycles. The van der Waals surface area contributed by atoms with Crippen molar-refractivity contribution >= 4 is 52.0 Å². The molecule has 12 nitrogen and oxygen atoms in total. The number of pyridine rings is 1. The molecule has 2 fully saturated rings. The van der Waals surface area contributed by atoms with Crippen LogP contribution in [0.2, 0.25) is 10.0 Å². The van der Waals surface area contributed by atoms with Gasteiger partial charge in [-0.25, -0.2) is 4.98 Å². The highest BCUT2D eigenvalue weighted by atomic mass is 35.5. The third-order valence-corrected chi connectivity index (χ3v) is 10.1. The minimum absolute atomic E-state index is 0.0140. The number of fused-ring (bicyclic) bond motifs is 1. The summed E-state index contributed by atoms with van der Waals surface area (Å²) in [5, 5.41) is 7.42. The number of rotatable bonds is 12. The number of methoxy groups -OCH3 is 2. The highest BCUT2D eigenvalue weighted by Gasteiger charge is 2.29. The van der Waals surface area contributed by atoms with E-state index in [1.807, 2.05) is 30.0 Å². The van der Waals surface area contributed by atoms with Crippen molar-refractivity contribution in [3.8, 4) is 22.6 Å². The van der Waals surface area contributed by atoms with E-state index in [0.29, 0.717) is 73.1 Å². The summed E-state index contributed by atoms with van der Waals surface area (Å²) in [6, 6.07) is 3.06. The zero-order valence-corrected chi connectivity index (χ0v) is 30.5. The zero-order valence-electron chi connectivity index (χ0n) is 29.0. The molecular weight excluding hydrogens is 681 g/mol. The second-order valence-corrected chi connectivity index (χ2v) is 13.8. The maximum atomic E-state index is 14.6. The Hall–Kier alpha value is -4.13. The van der Waals surface area contributed by atoms with Gasteiger partial charge in [0.15, 0.2) is 0 Å². The first-order valence-electron chi connectivity index (χ1n) is 16.8. The van der Waals surface area contributed by atoms with Gasteiger partial charge in [0.25, 0.3) is 5.56 Å². The Bertz CT molecular complexity index is 1790. The number of benzene rings is 1. The van der Waals surface area contributed by atoms with Gasteiger partial charge < -0.3 is 29.9 Å². The Morgan fingerprint density at radius 3 is 2.32 bits per heavy atom. The number of hydrogen-bond donors (Lipinski definition) is 2. The van der Waals surface area contributed by atoms with E-state index in [2.05, 4.69) is 22.2 Å². The number of amides is 2. The van der Waals surface area contributed by atoms with Crippen molar-refractivity contribution < 1.29 is 19.1 Å². The average Bonchev–Trinajstić information content (AvgIpc) is 3.11. The lowest BCUT2D eigenvalue weighted by molar-refractivity contribution is -0.127. The van der Waals surface area contributed by atoms with E-state index < -0.39 is 0 Å². The SMILES string of the molecule is C=CC(=O)NC1CCCCC1Nc1ncc2cc(-c3c(Cl)c(OC)cc(OC)c3Cl)c(=O)n(CC3CCN(C(=O)/C=C/CN(C)C)CC3)c2n1. The molecule has 1 aliphatic heterocycles. The topological polar surface area (TPSA) is 131 Å². The lowest BCUT2D eigenvalue weighted by Gasteiger charge is -2.33. The lowest BCUT2D eigenvalue weighted by atomic mass is 9.90. The number of likely N-dealkylation sites (N-methyl/N-ethyl adjacent to an activating group) is 1. The summed E-state index contributed by atoms with van der Waals surface area (Å²) in [5.74, 6) is 0.828. The Kier molecular flexibility index (Phi) is 12.4. The summed E-state index contributed by atoms with van der Waals surface area (Å²) in [6.45, 7) is 5.78. The normalized spacial score (nSPS) is 18.4. The molecule has 1 aliphatic carbocycles. The third-order valence-electron chi connectivity index (χ3n) is 9.36. The molecular formula is C36H45Cl2N7O5. The van der Waals surface area contributed by atoms with Gasteiger partial charge in [0.2, 0.25) is 17.8 Å². The fourth-order valence-electron chi connectivity index (χ4n) is 6.65. The van der Waals surface area contributed by atoms with Gasteiger partial charge in [0.05, 0.1) is 29.8 Å². The Balaban J connectivity index is 1.53. The summed E-state index contributed by atoms with van der Waals surface area (Å²) in [5.41, 5.74) is 0.665. The monoisotopic (exact) mass is 725 g/mol. The number of nitrogens with one attached hydrogen (secondary N) is 2. The first-order valence-corrected chi connectivity index (χ1v) is 17.6. The van der Waals surface area contributed by atoms with E-state index in [-0.39, 0.29) is 51.0 Å².